The molecule has 0 aliphatic heterocycles. The minimum atomic E-state index is -3.21. The minimum absolute atomic E-state index is 0.341. The predicted octanol–water partition coefficient (Wildman–Crippen LogP) is 5.50. The van der Waals surface area contributed by atoms with Crippen LogP contribution in [0.1, 0.15) is 81.7 Å². The van der Waals surface area contributed by atoms with Crippen LogP contribution in [0.25, 0.3) is 16.7 Å². The molecule has 1 heterocycles. The number of rotatable bonds is 5. The molecule has 26 heavy (non-hydrogen) atoms. The molecule has 4 heteroatoms. The first-order chi connectivity index (χ1) is 17.2. The van der Waals surface area contributed by atoms with Crippen LogP contribution in [0.15, 0.2) is 36.4 Å². The standard InChI is InChI=1S/C22H29N3O/c1-7-21(3,4)15-13-16(22(5,6)8-2)20(26)19(14-15)25-23-17-11-9-10-12-18(17)24-25/h9-14,26H,7-8H2,1-6H3/i3D3,4D3,5D3,6D3. The summed E-state index contributed by atoms with van der Waals surface area (Å²) < 4.78 is 98.5. The maximum Gasteiger partial charge on any atom is 0.146 e. The summed E-state index contributed by atoms with van der Waals surface area (Å²) in [4.78, 5) is 0.923. The summed E-state index contributed by atoms with van der Waals surface area (Å²) in [6.07, 6.45) is -0.940. The quantitative estimate of drug-likeness (QED) is 0.651. The van der Waals surface area contributed by atoms with Gasteiger partial charge >= 0.3 is 0 Å². The Labute approximate surface area is 172 Å². The maximum atomic E-state index is 11.4. The van der Waals surface area contributed by atoms with Crippen LogP contribution < -0.4 is 0 Å². The first-order valence-corrected chi connectivity index (χ1v) is 8.40. The smallest absolute Gasteiger partial charge is 0.146 e. The van der Waals surface area contributed by atoms with E-state index in [1.165, 1.54) is 13.8 Å². The molecule has 4 nitrogen and oxygen atoms in total. The largest absolute Gasteiger partial charge is 0.505 e. The number of phenolic OH excluding ortho intramolecular Hbond substituents is 1. The number of fused-ring (bicyclic) bond motifs is 1. The third-order valence-electron chi connectivity index (χ3n) is 4.61. The highest BCUT2D eigenvalue weighted by molar-refractivity contribution is 5.73. The number of aromatic nitrogens is 3. The molecule has 1 N–H and O–H groups in total. The van der Waals surface area contributed by atoms with Gasteiger partial charge in [-0.05, 0) is 47.4 Å². The number of benzene rings is 2. The first kappa shape index (κ1) is 8.55. The minimum Gasteiger partial charge on any atom is -0.505 e. The van der Waals surface area contributed by atoms with E-state index >= 15 is 0 Å². The van der Waals surface area contributed by atoms with Crippen LogP contribution in [0, 0.1) is 0 Å². The fraction of sp³-hybridized carbons (Fsp3) is 0.455. The van der Waals surface area contributed by atoms with Crippen molar-refractivity contribution in [2.45, 2.75) is 64.9 Å². The van der Waals surface area contributed by atoms with Crippen molar-refractivity contribution in [3.05, 3.63) is 47.5 Å². The summed E-state index contributed by atoms with van der Waals surface area (Å²) in [6, 6.07) is 8.58. The number of hydrogen-bond acceptors (Lipinski definition) is 3. The van der Waals surface area contributed by atoms with Crippen LogP contribution in [-0.4, -0.2) is 20.1 Å². The lowest BCUT2D eigenvalue weighted by Gasteiger charge is -2.30. The van der Waals surface area contributed by atoms with E-state index in [2.05, 4.69) is 10.2 Å². The van der Waals surface area contributed by atoms with Crippen molar-refractivity contribution < 1.29 is 21.6 Å². The zero-order valence-corrected chi connectivity index (χ0v) is 14.7. The number of hydrogen-bond donors (Lipinski definition) is 1. The summed E-state index contributed by atoms with van der Waals surface area (Å²) in [6.45, 7) is -9.99. The average molecular weight is 364 g/mol. The lowest BCUT2D eigenvalue weighted by atomic mass is 9.76. The van der Waals surface area contributed by atoms with Gasteiger partial charge in [-0.25, -0.2) is 0 Å². The van der Waals surface area contributed by atoms with Crippen molar-refractivity contribution in [1.82, 2.24) is 15.0 Å². The molecule has 0 atom stereocenters. The Hall–Kier alpha value is -2.36. The molecule has 0 radical (unpaired) electrons. The van der Waals surface area contributed by atoms with Crippen LogP contribution in [-0.2, 0) is 10.8 Å². The van der Waals surface area contributed by atoms with Gasteiger partial charge in [-0.1, -0.05) is 59.5 Å². The SMILES string of the molecule is [2H]C([2H])([2H])C(CC)(c1cc(-n2nc3ccccc3n2)c(O)c(C(CC)(C([2H])([2H])[2H])C([2H])([2H])[2H])c1)C([2H])([2H])[2H]. The van der Waals surface area contributed by atoms with Gasteiger partial charge in [0.15, 0.2) is 0 Å². The van der Waals surface area contributed by atoms with Gasteiger partial charge in [0.25, 0.3) is 0 Å². The summed E-state index contributed by atoms with van der Waals surface area (Å²) in [5.41, 5.74) is -5.81. The zero-order chi connectivity index (χ0) is 29.1. The fourth-order valence-electron chi connectivity index (χ4n) is 2.71. The van der Waals surface area contributed by atoms with E-state index in [-0.39, 0.29) is 11.3 Å². The van der Waals surface area contributed by atoms with Gasteiger partial charge < -0.3 is 5.11 Å². The summed E-state index contributed by atoms with van der Waals surface area (Å²) in [5.74, 6) is -0.802. The van der Waals surface area contributed by atoms with E-state index in [1.54, 1.807) is 24.3 Å². The Morgan fingerprint density at radius 2 is 1.54 bits per heavy atom. The van der Waals surface area contributed by atoms with Crippen molar-refractivity contribution in [3.63, 3.8) is 0 Å². The molecule has 0 unspecified atom stereocenters. The molecule has 0 fully saturated rings. The topological polar surface area (TPSA) is 50.9 Å². The van der Waals surface area contributed by atoms with Gasteiger partial charge in [-0.15, -0.1) is 15.0 Å². The van der Waals surface area contributed by atoms with Crippen LogP contribution in [0.4, 0.5) is 0 Å². The molecule has 3 rings (SSSR count). The van der Waals surface area contributed by atoms with Crippen LogP contribution in [0.5, 0.6) is 5.75 Å². The van der Waals surface area contributed by atoms with E-state index in [0.29, 0.717) is 11.0 Å². The van der Waals surface area contributed by atoms with Gasteiger partial charge in [0.2, 0.25) is 0 Å². The van der Waals surface area contributed by atoms with Crippen LogP contribution >= 0.6 is 0 Å². The van der Waals surface area contributed by atoms with Crippen LogP contribution in [0.3, 0.4) is 0 Å². The molecule has 1 aromatic heterocycles. The lowest BCUT2D eigenvalue weighted by molar-refractivity contribution is 0.420. The Morgan fingerprint density at radius 1 is 0.962 bits per heavy atom. The number of aromatic hydroxyl groups is 1. The fourth-order valence-corrected chi connectivity index (χ4v) is 2.71. The molecular weight excluding hydrogens is 322 g/mol. The lowest BCUT2D eigenvalue weighted by Crippen LogP contribution is -2.21. The van der Waals surface area contributed by atoms with Crippen LogP contribution in [0.2, 0.25) is 0 Å². The van der Waals surface area contributed by atoms with E-state index in [9.17, 15) is 5.11 Å². The number of phenols is 1. The second-order valence-corrected chi connectivity index (χ2v) is 6.39. The van der Waals surface area contributed by atoms with Crippen molar-refractivity contribution in [2.75, 3.05) is 0 Å². The Balaban J connectivity index is 2.62. The highest BCUT2D eigenvalue weighted by Gasteiger charge is 2.29. The van der Waals surface area contributed by atoms with Gasteiger partial charge in [0, 0.05) is 22.0 Å². The molecule has 0 amide bonds. The summed E-state index contributed by atoms with van der Waals surface area (Å²) in [7, 11) is 0. The second-order valence-electron chi connectivity index (χ2n) is 6.39. The van der Waals surface area contributed by atoms with E-state index in [4.69, 9.17) is 16.4 Å². The molecule has 0 spiro atoms. The molecule has 0 saturated carbocycles. The molecule has 2 aromatic carbocycles. The molecule has 0 aliphatic carbocycles. The van der Waals surface area contributed by atoms with E-state index in [1.807, 2.05) is 0 Å². The summed E-state index contributed by atoms with van der Waals surface area (Å²) in [5, 5.41) is 20.0. The van der Waals surface area contributed by atoms with Crippen molar-refractivity contribution in [2.24, 2.45) is 0 Å². The highest BCUT2D eigenvalue weighted by atomic mass is 16.3. The molecule has 0 aliphatic rings. The zero-order valence-electron chi connectivity index (χ0n) is 26.7. The molecular formula is C22H29N3O. The Morgan fingerprint density at radius 3 is 2.04 bits per heavy atom. The van der Waals surface area contributed by atoms with Crippen molar-refractivity contribution >= 4 is 11.0 Å². The van der Waals surface area contributed by atoms with E-state index in [0.717, 1.165) is 16.9 Å². The first-order valence-electron chi connectivity index (χ1n) is 14.4. The van der Waals surface area contributed by atoms with Gasteiger partial charge in [-0.2, -0.15) is 0 Å². The Kier molecular flexibility index (Phi) is 2.11. The Bertz CT molecular complexity index is 1260. The monoisotopic (exact) mass is 363 g/mol. The molecule has 0 bridgehead atoms. The maximum absolute atomic E-state index is 11.4. The normalized spacial score (nSPS) is 21.5. The predicted molar refractivity (Wildman–Crippen MR) is 107 cm³/mol. The van der Waals surface area contributed by atoms with Crippen molar-refractivity contribution in [1.29, 1.82) is 0 Å². The summed E-state index contributed by atoms with van der Waals surface area (Å²) >= 11 is 0. The molecule has 3 aromatic rings. The highest BCUT2D eigenvalue weighted by Crippen LogP contribution is 2.41. The third kappa shape index (κ3) is 3.09. The second kappa shape index (κ2) is 6.42. The van der Waals surface area contributed by atoms with Crippen molar-refractivity contribution in [3.8, 4) is 11.4 Å². The van der Waals surface area contributed by atoms with Gasteiger partial charge in [-0.3, -0.25) is 0 Å². The molecule has 0 saturated heterocycles. The van der Waals surface area contributed by atoms with Gasteiger partial charge in [0.05, 0.1) is 0 Å². The number of nitrogens with zero attached hydrogens (tertiary/aromatic N) is 3. The molecule has 138 valence electrons. The third-order valence-corrected chi connectivity index (χ3v) is 4.61. The van der Waals surface area contributed by atoms with E-state index < -0.39 is 62.4 Å². The average Bonchev–Trinajstić information content (AvgIpc) is 3.17. The van der Waals surface area contributed by atoms with Gasteiger partial charge in [0.1, 0.15) is 22.5 Å².